The van der Waals surface area contributed by atoms with Crippen LogP contribution in [0.3, 0.4) is 0 Å². The van der Waals surface area contributed by atoms with Crippen LogP contribution in [0.15, 0.2) is 0 Å². The van der Waals surface area contributed by atoms with E-state index in [0.717, 1.165) is 0 Å². The standard InChI is InChI=1S/Bi.2O.Ti/q+3;2*-2;+4. The zero-order valence-electron chi connectivity index (χ0n) is 1.76. The van der Waals surface area contributed by atoms with Gasteiger partial charge >= 0.3 is 47.9 Å². The van der Waals surface area contributed by atoms with Crippen LogP contribution < -0.4 is 0 Å². The SMILES string of the molecule is [Bi+3].[O-2].[O-2].[Ti+4]. The quantitative estimate of drug-likeness (QED) is 0.534. The summed E-state index contributed by atoms with van der Waals surface area (Å²) in [5.41, 5.74) is 0. The van der Waals surface area contributed by atoms with E-state index < -0.39 is 0 Å². The Balaban J connectivity index is 0. The summed E-state index contributed by atoms with van der Waals surface area (Å²) in [4.78, 5) is 0. The first kappa shape index (κ1) is 48.9. The molecule has 0 fully saturated rings. The molecule has 0 bridgehead atoms. The average molecular weight is 289 g/mol. The molecule has 18 valence electrons. The molecule has 0 N–H and O–H groups in total. The maximum Gasteiger partial charge on any atom is 4.00 e. The van der Waals surface area contributed by atoms with Gasteiger partial charge < -0.3 is 11.0 Å². The molecular formula is BiO2Ti+3. The molecule has 4 heteroatoms. The molecule has 0 aromatic carbocycles. The Morgan fingerprint density at radius 3 is 0.750 bits per heavy atom. The second-order valence-electron chi connectivity index (χ2n) is 0. The minimum atomic E-state index is 0. The predicted octanol–water partition coefficient (Wildman–Crippen LogP) is -0.621. The van der Waals surface area contributed by atoms with Crippen molar-refractivity contribution >= 4 is 26.2 Å². The van der Waals surface area contributed by atoms with Crippen LogP contribution in [0.1, 0.15) is 0 Å². The van der Waals surface area contributed by atoms with Crippen molar-refractivity contribution < 1.29 is 32.7 Å². The van der Waals surface area contributed by atoms with E-state index in [0.29, 0.717) is 0 Å². The van der Waals surface area contributed by atoms with Crippen LogP contribution >= 0.6 is 0 Å². The van der Waals surface area contributed by atoms with Gasteiger partial charge in [-0.15, -0.1) is 0 Å². The second kappa shape index (κ2) is 24.3. The van der Waals surface area contributed by atoms with Gasteiger partial charge in [-0.25, -0.2) is 0 Å². The third-order valence-corrected chi connectivity index (χ3v) is 0. The molecule has 0 rings (SSSR count). The monoisotopic (exact) mass is 289 g/mol. The fourth-order valence-corrected chi connectivity index (χ4v) is 0. The van der Waals surface area contributed by atoms with Gasteiger partial charge in [0.1, 0.15) is 0 Å². The molecule has 0 saturated carbocycles. The Labute approximate surface area is 58.6 Å². The van der Waals surface area contributed by atoms with E-state index >= 15 is 0 Å². The number of hydrogen-bond donors (Lipinski definition) is 0. The van der Waals surface area contributed by atoms with E-state index in [-0.39, 0.29) is 58.9 Å². The third-order valence-electron chi connectivity index (χ3n) is 0. The summed E-state index contributed by atoms with van der Waals surface area (Å²) in [5, 5.41) is 0. The van der Waals surface area contributed by atoms with Crippen LogP contribution in [0.4, 0.5) is 0 Å². The summed E-state index contributed by atoms with van der Waals surface area (Å²) >= 11 is 0. The topological polar surface area (TPSA) is 57.0 Å². The van der Waals surface area contributed by atoms with Crippen LogP contribution in [0.25, 0.3) is 0 Å². The number of rotatable bonds is 0. The van der Waals surface area contributed by atoms with Crippen molar-refractivity contribution in [1.29, 1.82) is 0 Å². The molecular weight excluding hydrogens is 289 g/mol. The van der Waals surface area contributed by atoms with Crippen molar-refractivity contribution in [2.24, 2.45) is 0 Å². The summed E-state index contributed by atoms with van der Waals surface area (Å²) in [7, 11) is 0. The van der Waals surface area contributed by atoms with Crippen LogP contribution in [0, 0.1) is 0 Å². The summed E-state index contributed by atoms with van der Waals surface area (Å²) in [6, 6.07) is 0. The van der Waals surface area contributed by atoms with Gasteiger partial charge in [0.25, 0.3) is 0 Å². The fourth-order valence-electron chi connectivity index (χ4n) is 0. The normalized spacial score (nSPS) is 0. The molecule has 0 spiro atoms. The molecule has 0 amide bonds. The van der Waals surface area contributed by atoms with E-state index in [1.165, 1.54) is 0 Å². The molecule has 2 nitrogen and oxygen atoms in total. The minimum Gasteiger partial charge on any atom is -2.00 e. The molecule has 0 saturated heterocycles. The van der Waals surface area contributed by atoms with Crippen LogP contribution in [0.2, 0.25) is 0 Å². The summed E-state index contributed by atoms with van der Waals surface area (Å²) in [6.45, 7) is 0. The molecule has 0 atom stereocenters. The zero-order valence-corrected chi connectivity index (χ0v) is 6.80. The van der Waals surface area contributed by atoms with Crippen molar-refractivity contribution in [3.63, 3.8) is 0 Å². The van der Waals surface area contributed by atoms with Crippen LogP contribution in [-0.2, 0) is 32.7 Å². The van der Waals surface area contributed by atoms with E-state index in [4.69, 9.17) is 0 Å². The molecule has 0 aliphatic rings. The summed E-state index contributed by atoms with van der Waals surface area (Å²) < 4.78 is 0. The van der Waals surface area contributed by atoms with Crippen molar-refractivity contribution in [2.75, 3.05) is 0 Å². The third kappa shape index (κ3) is 9.68. The van der Waals surface area contributed by atoms with E-state index in [1.54, 1.807) is 0 Å². The fraction of sp³-hybridized carbons (Fsp3) is 0. The van der Waals surface area contributed by atoms with E-state index in [9.17, 15) is 0 Å². The minimum absolute atomic E-state index is 0. The molecule has 0 aliphatic heterocycles. The maximum atomic E-state index is 0. The van der Waals surface area contributed by atoms with Gasteiger partial charge in [-0.3, -0.25) is 0 Å². The smallest absolute Gasteiger partial charge is 2.00 e. The van der Waals surface area contributed by atoms with E-state index in [2.05, 4.69) is 0 Å². The van der Waals surface area contributed by atoms with Crippen molar-refractivity contribution in [1.82, 2.24) is 0 Å². The molecule has 0 aliphatic carbocycles. The Morgan fingerprint density at radius 1 is 0.750 bits per heavy atom. The van der Waals surface area contributed by atoms with Gasteiger partial charge in [0.2, 0.25) is 0 Å². The van der Waals surface area contributed by atoms with Crippen molar-refractivity contribution in [3.8, 4) is 0 Å². The van der Waals surface area contributed by atoms with E-state index in [1.807, 2.05) is 0 Å². The number of hydrogen-bond acceptors (Lipinski definition) is 0. The Kier molecular flexibility index (Phi) is 297. The molecule has 0 unspecified atom stereocenters. The van der Waals surface area contributed by atoms with Gasteiger partial charge in [-0.05, 0) is 0 Å². The van der Waals surface area contributed by atoms with Gasteiger partial charge in [0.15, 0.2) is 0 Å². The maximum absolute atomic E-state index is 0. The van der Waals surface area contributed by atoms with Crippen LogP contribution in [0.5, 0.6) is 0 Å². The van der Waals surface area contributed by atoms with Crippen molar-refractivity contribution in [3.05, 3.63) is 0 Å². The second-order valence-corrected chi connectivity index (χ2v) is 0. The first-order chi connectivity index (χ1) is 0. The predicted molar refractivity (Wildman–Crippen MR) is 7.13 cm³/mol. The first-order valence-electron chi connectivity index (χ1n) is 0. The van der Waals surface area contributed by atoms with Crippen molar-refractivity contribution in [2.45, 2.75) is 0 Å². The Bertz CT molecular complexity index is 6.00. The Morgan fingerprint density at radius 2 is 0.750 bits per heavy atom. The first-order valence-corrected chi connectivity index (χ1v) is 0. The Hall–Kier alpha value is 1.52. The van der Waals surface area contributed by atoms with Gasteiger partial charge in [-0.1, -0.05) is 0 Å². The molecule has 2 radical (unpaired) electrons. The summed E-state index contributed by atoms with van der Waals surface area (Å²) in [6.07, 6.45) is 0. The van der Waals surface area contributed by atoms with Gasteiger partial charge in [0.05, 0.1) is 0 Å². The molecule has 0 heterocycles. The van der Waals surface area contributed by atoms with Gasteiger partial charge in [-0.2, -0.15) is 0 Å². The van der Waals surface area contributed by atoms with Crippen LogP contribution in [-0.4, -0.2) is 26.2 Å². The summed E-state index contributed by atoms with van der Waals surface area (Å²) in [5.74, 6) is 0. The molecule has 0 aromatic heterocycles. The average Bonchev–Trinajstić information content (AvgIpc) is 0. The molecule has 4 heavy (non-hydrogen) atoms. The molecule has 0 aromatic rings. The largest absolute Gasteiger partial charge is 4.00 e. The zero-order chi connectivity index (χ0) is 0. The van der Waals surface area contributed by atoms with Gasteiger partial charge in [0, 0.05) is 0 Å².